The molecule has 0 saturated carbocycles. The zero-order chi connectivity index (χ0) is 12.8. The lowest BCUT2D eigenvalue weighted by molar-refractivity contribution is 0.517. The minimum atomic E-state index is 0.628. The van der Waals surface area contributed by atoms with Gasteiger partial charge < -0.3 is 15.1 Å². The molecule has 0 aromatic carbocycles. The molecule has 0 atom stereocenters. The molecule has 2 aromatic rings. The Morgan fingerprint density at radius 3 is 2.56 bits per heavy atom. The number of hydrogen-bond donors (Lipinski definition) is 2. The van der Waals surface area contributed by atoms with E-state index in [9.17, 15) is 0 Å². The van der Waals surface area contributed by atoms with Gasteiger partial charge in [-0.05, 0) is 25.5 Å². The highest BCUT2D eigenvalue weighted by atomic mass is 16.3. The summed E-state index contributed by atoms with van der Waals surface area (Å²) >= 11 is 0. The second-order valence-corrected chi connectivity index (χ2v) is 3.87. The van der Waals surface area contributed by atoms with Gasteiger partial charge in [0, 0.05) is 12.1 Å². The molecular weight excluding hydrogens is 228 g/mol. The molecule has 18 heavy (non-hydrogen) atoms. The van der Waals surface area contributed by atoms with Crippen LogP contribution in [0.1, 0.15) is 25.2 Å². The first-order valence-electron chi connectivity index (χ1n) is 6.19. The van der Waals surface area contributed by atoms with E-state index in [0.717, 1.165) is 35.9 Å². The molecule has 2 heterocycles. The van der Waals surface area contributed by atoms with E-state index in [2.05, 4.69) is 34.4 Å². The van der Waals surface area contributed by atoms with Gasteiger partial charge in [-0.25, -0.2) is 9.97 Å². The molecule has 5 nitrogen and oxygen atoms in total. The van der Waals surface area contributed by atoms with E-state index in [-0.39, 0.29) is 0 Å². The van der Waals surface area contributed by atoms with Crippen LogP contribution in [-0.2, 0) is 13.0 Å². The van der Waals surface area contributed by atoms with Gasteiger partial charge in [0.2, 0.25) is 0 Å². The van der Waals surface area contributed by atoms with Crippen LogP contribution in [0.4, 0.5) is 11.6 Å². The quantitative estimate of drug-likeness (QED) is 0.820. The first kappa shape index (κ1) is 12.4. The largest absolute Gasteiger partial charge is 0.467 e. The first-order valence-corrected chi connectivity index (χ1v) is 6.19. The number of nitrogens with one attached hydrogen (secondary N) is 2. The number of anilines is 2. The molecule has 2 aromatic heterocycles. The third-order valence-electron chi connectivity index (χ3n) is 2.65. The standard InChI is InChI=1S/C13H18N4O/c1-3-11-12(14-4-2)16-9-17-13(11)15-8-10-6-5-7-18-10/h5-7,9H,3-4,8H2,1-2H3,(H2,14,15,16,17). The molecule has 0 unspecified atom stereocenters. The lowest BCUT2D eigenvalue weighted by Gasteiger charge is -2.12. The zero-order valence-corrected chi connectivity index (χ0v) is 10.7. The molecule has 0 aliphatic carbocycles. The van der Waals surface area contributed by atoms with Crippen molar-refractivity contribution < 1.29 is 4.42 Å². The van der Waals surface area contributed by atoms with Crippen molar-refractivity contribution in [3.8, 4) is 0 Å². The van der Waals surface area contributed by atoms with E-state index >= 15 is 0 Å². The highest BCUT2D eigenvalue weighted by Crippen LogP contribution is 2.20. The van der Waals surface area contributed by atoms with Gasteiger partial charge >= 0.3 is 0 Å². The molecule has 5 heteroatoms. The van der Waals surface area contributed by atoms with E-state index in [1.807, 2.05) is 12.1 Å². The highest BCUT2D eigenvalue weighted by molar-refractivity contribution is 5.57. The van der Waals surface area contributed by atoms with Crippen molar-refractivity contribution in [1.29, 1.82) is 0 Å². The predicted octanol–water partition coefficient (Wildman–Crippen LogP) is 2.68. The Morgan fingerprint density at radius 2 is 1.94 bits per heavy atom. The van der Waals surface area contributed by atoms with Gasteiger partial charge in [0.1, 0.15) is 23.7 Å². The summed E-state index contributed by atoms with van der Waals surface area (Å²) in [4.78, 5) is 8.55. The van der Waals surface area contributed by atoms with Crippen molar-refractivity contribution in [2.45, 2.75) is 26.8 Å². The monoisotopic (exact) mass is 246 g/mol. The van der Waals surface area contributed by atoms with Crippen molar-refractivity contribution in [1.82, 2.24) is 9.97 Å². The van der Waals surface area contributed by atoms with Crippen LogP contribution in [0.25, 0.3) is 0 Å². The molecule has 0 saturated heterocycles. The fraction of sp³-hybridized carbons (Fsp3) is 0.385. The minimum Gasteiger partial charge on any atom is -0.467 e. The summed E-state index contributed by atoms with van der Waals surface area (Å²) < 4.78 is 5.28. The van der Waals surface area contributed by atoms with E-state index < -0.39 is 0 Å². The molecular formula is C13H18N4O. The molecule has 2 rings (SSSR count). The lowest BCUT2D eigenvalue weighted by Crippen LogP contribution is -2.09. The smallest absolute Gasteiger partial charge is 0.135 e. The maximum atomic E-state index is 5.28. The Morgan fingerprint density at radius 1 is 1.17 bits per heavy atom. The van der Waals surface area contributed by atoms with Crippen LogP contribution in [0.15, 0.2) is 29.1 Å². The zero-order valence-electron chi connectivity index (χ0n) is 10.7. The summed E-state index contributed by atoms with van der Waals surface area (Å²) in [5, 5.41) is 6.53. The van der Waals surface area contributed by atoms with Crippen LogP contribution in [-0.4, -0.2) is 16.5 Å². The van der Waals surface area contributed by atoms with Gasteiger partial charge in [0.15, 0.2) is 0 Å². The number of furan rings is 1. The van der Waals surface area contributed by atoms with Gasteiger partial charge in [0.25, 0.3) is 0 Å². The van der Waals surface area contributed by atoms with Crippen LogP contribution in [0.5, 0.6) is 0 Å². The fourth-order valence-electron chi connectivity index (χ4n) is 1.80. The SMILES string of the molecule is CCNc1ncnc(NCc2ccco2)c1CC. The second kappa shape index (κ2) is 6.05. The molecule has 2 N–H and O–H groups in total. The van der Waals surface area contributed by atoms with Crippen LogP contribution < -0.4 is 10.6 Å². The summed E-state index contributed by atoms with van der Waals surface area (Å²) in [6.07, 6.45) is 4.12. The van der Waals surface area contributed by atoms with Gasteiger partial charge in [-0.1, -0.05) is 6.92 Å². The Balaban J connectivity index is 2.13. The molecule has 0 bridgehead atoms. The topological polar surface area (TPSA) is 63.0 Å². The van der Waals surface area contributed by atoms with Crippen molar-refractivity contribution in [2.75, 3.05) is 17.2 Å². The number of aromatic nitrogens is 2. The van der Waals surface area contributed by atoms with E-state index in [1.54, 1.807) is 12.6 Å². The average Bonchev–Trinajstić information content (AvgIpc) is 2.90. The molecule has 0 radical (unpaired) electrons. The Hall–Kier alpha value is -2.04. The molecule has 0 fully saturated rings. The third-order valence-corrected chi connectivity index (χ3v) is 2.65. The Kier molecular flexibility index (Phi) is 4.17. The molecule has 0 spiro atoms. The number of hydrogen-bond acceptors (Lipinski definition) is 5. The van der Waals surface area contributed by atoms with Gasteiger partial charge in [-0.2, -0.15) is 0 Å². The average molecular weight is 246 g/mol. The summed E-state index contributed by atoms with van der Waals surface area (Å²) in [6, 6.07) is 3.81. The summed E-state index contributed by atoms with van der Waals surface area (Å²) in [7, 11) is 0. The second-order valence-electron chi connectivity index (χ2n) is 3.87. The van der Waals surface area contributed by atoms with Crippen molar-refractivity contribution in [2.24, 2.45) is 0 Å². The third kappa shape index (κ3) is 2.80. The molecule has 0 aliphatic heterocycles. The molecule has 0 amide bonds. The summed E-state index contributed by atoms with van der Waals surface area (Å²) in [5.41, 5.74) is 1.10. The summed E-state index contributed by atoms with van der Waals surface area (Å²) in [5.74, 6) is 2.65. The maximum absolute atomic E-state index is 5.28. The van der Waals surface area contributed by atoms with Crippen LogP contribution in [0.2, 0.25) is 0 Å². The van der Waals surface area contributed by atoms with E-state index in [1.165, 1.54) is 0 Å². The van der Waals surface area contributed by atoms with E-state index in [0.29, 0.717) is 6.54 Å². The fourth-order valence-corrected chi connectivity index (χ4v) is 1.80. The lowest BCUT2D eigenvalue weighted by atomic mass is 10.2. The first-order chi connectivity index (χ1) is 8.85. The van der Waals surface area contributed by atoms with Crippen molar-refractivity contribution in [3.63, 3.8) is 0 Å². The predicted molar refractivity (Wildman–Crippen MR) is 71.6 cm³/mol. The van der Waals surface area contributed by atoms with E-state index in [4.69, 9.17) is 4.42 Å². The highest BCUT2D eigenvalue weighted by Gasteiger charge is 2.09. The molecule has 96 valence electrons. The van der Waals surface area contributed by atoms with Crippen molar-refractivity contribution in [3.05, 3.63) is 36.0 Å². The minimum absolute atomic E-state index is 0.628. The number of rotatable bonds is 6. The van der Waals surface area contributed by atoms with Crippen LogP contribution in [0.3, 0.4) is 0 Å². The Labute approximate surface area is 107 Å². The normalized spacial score (nSPS) is 10.3. The van der Waals surface area contributed by atoms with Crippen LogP contribution >= 0.6 is 0 Å². The number of nitrogens with zero attached hydrogens (tertiary/aromatic N) is 2. The van der Waals surface area contributed by atoms with Gasteiger partial charge in [0.05, 0.1) is 12.8 Å². The Bertz CT molecular complexity index is 482. The molecule has 0 aliphatic rings. The van der Waals surface area contributed by atoms with Gasteiger partial charge in [-0.3, -0.25) is 0 Å². The summed E-state index contributed by atoms with van der Waals surface area (Å²) in [6.45, 7) is 5.62. The van der Waals surface area contributed by atoms with Crippen molar-refractivity contribution >= 4 is 11.6 Å². The van der Waals surface area contributed by atoms with Crippen LogP contribution in [0, 0.1) is 0 Å². The maximum Gasteiger partial charge on any atom is 0.135 e. The van der Waals surface area contributed by atoms with Gasteiger partial charge in [-0.15, -0.1) is 0 Å².